The Labute approximate surface area is 132 Å². The predicted molar refractivity (Wildman–Crippen MR) is 84.8 cm³/mol. The molecule has 21 heavy (non-hydrogen) atoms. The van der Waals surface area contributed by atoms with Crippen LogP contribution in [0, 0.1) is 6.92 Å². The number of carbonyl (C=O) groups excluding carboxylic acids is 1. The molecule has 0 saturated heterocycles. The maximum Gasteiger partial charge on any atom is 0.238 e. The summed E-state index contributed by atoms with van der Waals surface area (Å²) >= 11 is 7.49. The lowest BCUT2D eigenvalue weighted by molar-refractivity contribution is -0.115. The lowest BCUT2D eigenvalue weighted by Gasteiger charge is -2.07. The number of H-pyrrole nitrogens is 1. The van der Waals surface area contributed by atoms with Gasteiger partial charge in [0.15, 0.2) is 5.16 Å². The first-order valence-electron chi connectivity index (χ1n) is 6.40. The lowest BCUT2D eigenvalue weighted by Crippen LogP contribution is -2.29. The number of thioether (sulfide) groups is 1. The Kier molecular flexibility index (Phi) is 6.04. The molecule has 1 amide bonds. The van der Waals surface area contributed by atoms with Crippen LogP contribution in [0.25, 0.3) is 0 Å². The molecule has 1 aromatic carbocycles. The van der Waals surface area contributed by atoms with Crippen LogP contribution in [0.2, 0.25) is 5.02 Å². The van der Waals surface area contributed by atoms with Crippen LogP contribution in [-0.4, -0.2) is 39.9 Å². The number of aryl methyl sites for hydroxylation is 1. The Bertz CT molecular complexity index is 590. The lowest BCUT2D eigenvalue weighted by atomic mass is 10.2. The standard InChI is InChI=1S/C13H16ClN5OS/c1-9-6-10(2-3-11(9)14)18-12(20)7-15-4-5-21-13-16-8-17-19-13/h2-3,6,8,15H,4-5,7H2,1H3,(H,18,20)(H,16,17,19). The number of amides is 1. The van der Waals surface area contributed by atoms with Gasteiger partial charge in [0.2, 0.25) is 5.91 Å². The van der Waals surface area contributed by atoms with E-state index in [4.69, 9.17) is 11.6 Å². The maximum absolute atomic E-state index is 11.8. The van der Waals surface area contributed by atoms with Crippen LogP contribution < -0.4 is 10.6 Å². The zero-order chi connectivity index (χ0) is 15.1. The van der Waals surface area contributed by atoms with Crippen molar-refractivity contribution >= 4 is 35.0 Å². The van der Waals surface area contributed by atoms with E-state index in [0.29, 0.717) is 11.6 Å². The predicted octanol–water partition coefficient (Wildman–Crippen LogP) is 2.09. The van der Waals surface area contributed by atoms with Gasteiger partial charge in [-0.15, -0.1) is 0 Å². The first-order chi connectivity index (χ1) is 10.1. The van der Waals surface area contributed by atoms with Gasteiger partial charge in [-0.05, 0) is 30.7 Å². The Morgan fingerprint density at radius 1 is 1.48 bits per heavy atom. The van der Waals surface area contributed by atoms with Crippen molar-refractivity contribution in [2.75, 3.05) is 24.2 Å². The van der Waals surface area contributed by atoms with Crippen molar-refractivity contribution in [2.24, 2.45) is 0 Å². The highest BCUT2D eigenvalue weighted by atomic mass is 35.5. The average Bonchev–Trinajstić information content (AvgIpc) is 2.96. The second-order valence-electron chi connectivity index (χ2n) is 4.33. The van der Waals surface area contributed by atoms with Crippen LogP contribution in [0.3, 0.4) is 0 Å². The molecule has 2 rings (SSSR count). The summed E-state index contributed by atoms with van der Waals surface area (Å²) in [7, 11) is 0. The van der Waals surface area contributed by atoms with Gasteiger partial charge in [0.1, 0.15) is 6.33 Å². The Hall–Kier alpha value is -1.57. The molecular weight excluding hydrogens is 310 g/mol. The highest BCUT2D eigenvalue weighted by Gasteiger charge is 2.03. The number of hydrogen-bond donors (Lipinski definition) is 3. The maximum atomic E-state index is 11.8. The molecule has 1 aromatic heterocycles. The fourth-order valence-corrected chi connectivity index (χ4v) is 2.41. The molecule has 2 aromatic rings. The third-order valence-corrected chi connectivity index (χ3v) is 3.94. The monoisotopic (exact) mass is 325 g/mol. The van der Waals surface area contributed by atoms with E-state index in [1.54, 1.807) is 23.9 Å². The first kappa shape index (κ1) is 15.8. The number of nitrogens with one attached hydrogen (secondary N) is 3. The number of rotatable bonds is 7. The van der Waals surface area contributed by atoms with Crippen molar-refractivity contribution in [1.29, 1.82) is 0 Å². The van der Waals surface area contributed by atoms with Crippen molar-refractivity contribution in [1.82, 2.24) is 20.5 Å². The number of hydrogen-bond acceptors (Lipinski definition) is 5. The van der Waals surface area contributed by atoms with E-state index in [9.17, 15) is 4.79 Å². The van der Waals surface area contributed by atoms with Gasteiger partial charge in [-0.25, -0.2) is 4.98 Å². The topological polar surface area (TPSA) is 82.7 Å². The zero-order valence-corrected chi connectivity index (χ0v) is 13.1. The molecule has 0 aliphatic carbocycles. The molecule has 1 heterocycles. The Morgan fingerprint density at radius 2 is 2.33 bits per heavy atom. The molecular formula is C13H16ClN5OS. The van der Waals surface area contributed by atoms with Crippen LogP contribution in [0.15, 0.2) is 29.7 Å². The molecule has 0 unspecified atom stereocenters. The van der Waals surface area contributed by atoms with Crippen LogP contribution in [0.4, 0.5) is 5.69 Å². The highest BCUT2D eigenvalue weighted by molar-refractivity contribution is 7.99. The summed E-state index contributed by atoms with van der Waals surface area (Å²) in [5.74, 6) is 0.726. The van der Waals surface area contributed by atoms with Gasteiger partial charge < -0.3 is 10.6 Å². The smallest absolute Gasteiger partial charge is 0.238 e. The minimum absolute atomic E-state index is 0.0820. The molecule has 0 bridgehead atoms. The van der Waals surface area contributed by atoms with Crippen molar-refractivity contribution in [3.63, 3.8) is 0 Å². The molecule has 0 radical (unpaired) electrons. The minimum Gasteiger partial charge on any atom is -0.325 e. The first-order valence-corrected chi connectivity index (χ1v) is 7.76. The van der Waals surface area contributed by atoms with Crippen molar-refractivity contribution < 1.29 is 4.79 Å². The molecule has 6 nitrogen and oxygen atoms in total. The van der Waals surface area contributed by atoms with Crippen molar-refractivity contribution in [3.05, 3.63) is 35.1 Å². The molecule has 8 heteroatoms. The van der Waals surface area contributed by atoms with Gasteiger partial charge in [0.05, 0.1) is 6.54 Å². The fraction of sp³-hybridized carbons (Fsp3) is 0.308. The Morgan fingerprint density at radius 3 is 3.05 bits per heavy atom. The van der Waals surface area contributed by atoms with Gasteiger partial charge in [-0.3, -0.25) is 9.89 Å². The summed E-state index contributed by atoms with van der Waals surface area (Å²) in [5.41, 5.74) is 1.69. The second-order valence-corrected chi connectivity index (χ2v) is 5.82. The van der Waals surface area contributed by atoms with Gasteiger partial charge in [-0.1, -0.05) is 23.4 Å². The number of carbonyl (C=O) groups is 1. The number of aromatic amines is 1. The number of nitrogens with zero attached hydrogens (tertiary/aromatic N) is 2. The number of benzene rings is 1. The van der Waals surface area contributed by atoms with Crippen LogP contribution in [0.5, 0.6) is 0 Å². The van der Waals surface area contributed by atoms with E-state index in [-0.39, 0.29) is 12.5 Å². The normalized spacial score (nSPS) is 10.6. The van der Waals surface area contributed by atoms with Crippen LogP contribution >= 0.6 is 23.4 Å². The molecule has 0 saturated carbocycles. The van der Waals surface area contributed by atoms with Gasteiger partial charge >= 0.3 is 0 Å². The molecule has 0 spiro atoms. The fourth-order valence-electron chi connectivity index (χ4n) is 1.61. The number of halogens is 1. The highest BCUT2D eigenvalue weighted by Crippen LogP contribution is 2.19. The van der Waals surface area contributed by atoms with Gasteiger partial charge in [0.25, 0.3) is 0 Å². The molecule has 0 fully saturated rings. The summed E-state index contributed by atoms with van der Waals surface area (Å²) < 4.78 is 0. The molecule has 0 atom stereocenters. The molecule has 0 aliphatic rings. The number of anilines is 1. The van der Waals surface area contributed by atoms with Crippen molar-refractivity contribution in [2.45, 2.75) is 12.1 Å². The third-order valence-electron chi connectivity index (χ3n) is 2.64. The van der Waals surface area contributed by atoms with Gasteiger partial charge in [-0.2, -0.15) is 5.10 Å². The largest absolute Gasteiger partial charge is 0.325 e. The van der Waals surface area contributed by atoms with E-state index >= 15 is 0 Å². The molecule has 112 valence electrons. The van der Waals surface area contributed by atoms with E-state index in [0.717, 1.165) is 22.2 Å². The summed E-state index contributed by atoms with van der Waals surface area (Å²) in [6.45, 7) is 2.87. The summed E-state index contributed by atoms with van der Waals surface area (Å²) in [4.78, 5) is 15.8. The SMILES string of the molecule is Cc1cc(NC(=O)CNCCSc2ncn[nH]2)ccc1Cl. The number of aromatic nitrogens is 3. The zero-order valence-electron chi connectivity index (χ0n) is 11.5. The molecule has 3 N–H and O–H groups in total. The van der Waals surface area contributed by atoms with Crippen molar-refractivity contribution in [3.8, 4) is 0 Å². The Balaban J connectivity index is 1.64. The summed E-state index contributed by atoms with van der Waals surface area (Å²) in [6.07, 6.45) is 1.47. The van der Waals surface area contributed by atoms with E-state index in [2.05, 4.69) is 25.8 Å². The summed E-state index contributed by atoms with van der Waals surface area (Å²) in [5, 5.41) is 13.9. The van der Waals surface area contributed by atoms with E-state index in [1.807, 2.05) is 13.0 Å². The van der Waals surface area contributed by atoms with Gasteiger partial charge in [0, 0.05) is 23.0 Å². The minimum atomic E-state index is -0.0820. The van der Waals surface area contributed by atoms with E-state index < -0.39 is 0 Å². The second kappa shape index (κ2) is 8.02. The average molecular weight is 326 g/mol. The van der Waals surface area contributed by atoms with E-state index in [1.165, 1.54) is 6.33 Å². The van der Waals surface area contributed by atoms with Crippen LogP contribution in [0.1, 0.15) is 5.56 Å². The molecule has 0 aliphatic heterocycles. The third kappa shape index (κ3) is 5.37. The van der Waals surface area contributed by atoms with Crippen LogP contribution in [-0.2, 0) is 4.79 Å². The summed E-state index contributed by atoms with van der Waals surface area (Å²) in [6, 6.07) is 5.40. The quantitative estimate of drug-likeness (QED) is 0.536.